The van der Waals surface area contributed by atoms with E-state index in [0.29, 0.717) is 13.2 Å². The Morgan fingerprint density at radius 3 is 3.12 bits per heavy atom. The minimum Gasteiger partial charge on any atom is -0.376 e. The summed E-state index contributed by atoms with van der Waals surface area (Å²) in [5, 5.41) is 3.02. The molecule has 0 unspecified atom stereocenters. The number of urea groups is 1. The molecule has 3 rings (SSSR count). The minimum atomic E-state index is -0.00354. The number of thioether (sulfide) groups is 1. The molecule has 1 N–H and O–H groups in total. The summed E-state index contributed by atoms with van der Waals surface area (Å²) in [4.78, 5) is 14.3. The number of nitrogens with one attached hydrogen (secondary N) is 1. The van der Waals surface area contributed by atoms with Crippen LogP contribution < -0.4 is 5.32 Å². The van der Waals surface area contributed by atoms with Crippen LogP contribution in [0.25, 0.3) is 0 Å². The second-order valence-corrected chi connectivity index (χ2v) is 7.81. The molecule has 1 aromatic carbocycles. The van der Waals surface area contributed by atoms with Crippen LogP contribution in [0.15, 0.2) is 24.3 Å². The van der Waals surface area contributed by atoms with E-state index in [0.717, 1.165) is 61.7 Å². The number of hydrogen-bond donors (Lipinski definition) is 1. The lowest BCUT2D eigenvalue weighted by molar-refractivity contribution is -0.0447. The molecule has 2 fully saturated rings. The Labute approximate surface area is 154 Å². The number of anilines is 1. The molecule has 0 aliphatic carbocycles. The Bertz CT molecular complexity index is 541. The van der Waals surface area contributed by atoms with Gasteiger partial charge in [0.05, 0.1) is 19.3 Å². The van der Waals surface area contributed by atoms with Gasteiger partial charge >= 0.3 is 6.03 Å². The minimum absolute atomic E-state index is 0.00354. The molecule has 1 aromatic rings. The molecule has 0 saturated carbocycles. The molecule has 0 aromatic heterocycles. The van der Waals surface area contributed by atoms with E-state index in [-0.39, 0.29) is 12.1 Å². The summed E-state index contributed by atoms with van der Waals surface area (Å²) in [6, 6.07) is 7.91. The molecular formula is C19H28N2O3S. The molecule has 6 heteroatoms. The van der Waals surface area contributed by atoms with Crippen molar-refractivity contribution in [2.75, 3.05) is 43.1 Å². The van der Waals surface area contributed by atoms with Gasteiger partial charge in [0.25, 0.3) is 0 Å². The predicted molar refractivity (Wildman–Crippen MR) is 102 cm³/mol. The van der Waals surface area contributed by atoms with Crippen LogP contribution in [0.5, 0.6) is 0 Å². The van der Waals surface area contributed by atoms with Crippen LogP contribution in [-0.4, -0.2) is 54.8 Å². The van der Waals surface area contributed by atoms with E-state index in [1.807, 2.05) is 40.9 Å². The van der Waals surface area contributed by atoms with E-state index in [9.17, 15) is 4.79 Å². The number of nitrogens with zero attached hydrogens (tertiary/aromatic N) is 1. The van der Waals surface area contributed by atoms with Crippen LogP contribution in [0.2, 0.25) is 0 Å². The molecular weight excluding hydrogens is 336 g/mol. The predicted octanol–water partition coefficient (Wildman–Crippen LogP) is 3.74. The first-order valence-electron chi connectivity index (χ1n) is 9.23. The highest BCUT2D eigenvalue weighted by Gasteiger charge is 2.16. The maximum absolute atomic E-state index is 12.4. The topological polar surface area (TPSA) is 50.8 Å². The molecule has 2 saturated heterocycles. The lowest BCUT2D eigenvalue weighted by Crippen LogP contribution is -2.36. The second kappa shape index (κ2) is 10.0. The lowest BCUT2D eigenvalue weighted by atomic mass is 10.1. The number of benzene rings is 1. The monoisotopic (exact) mass is 364 g/mol. The summed E-state index contributed by atoms with van der Waals surface area (Å²) < 4.78 is 11.5. The number of carbonyl (C=O) groups excluding carboxylic acids is 1. The Morgan fingerprint density at radius 1 is 1.28 bits per heavy atom. The summed E-state index contributed by atoms with van der Waals surface area (Å²) in [6.07, 6.45) is 4.77. The van der Waals surface area contributed by atoms with Crippen molar-refractivity contribution >= 4 is 23.5 Å². The van der Waals surface area contributed by atoms with Crippen molar-refractivity contribution in [1.82, 2.24) is 4.90 Å². The lowest BCUT2D eigenvalue weighted by Gasteiger charge is -2.22. The standard InChI is InChI=1S/C19H28N2O3S/c22-19(21-8-4-11-25-12-9-21)20-17-6-3-5-16(13-17)14-23-15-18-7-1-2-10-24-18/h3,5-6,13,18H,1-2,4,7-12,14-15H2,(H,20,22)/t18-/m0/s1. The zero-order chi connectivity index (χ0) is 17.3. The fourth-order valence-electron chi connectivity index (χ4n) is 3.14. The summed E-state index contributed by atoms with van der Waals surface area (Å²) in [7, 11) is 0. The second-order valence-electron chi connectivity index (χ2n) is 6.59. The molecule has 0 radical (unpaired) electrons. The highest BCUT2D eigenvalue weighted by atomic mass is 32.2. The highest BCUT2D eigenvalue weighted by Crippen LogP contribution is 2.16. The molecule has 2 aliphatic rings. The first-order valence-corrected chi connectivity index (χ1v) is 10.4. The van der Waals surface area contributed by atoms with Gasteiger partial charge < -0.3 is 19.7 Å². The van der Waals surface area contributed by atoms with Crippen molar-refractivity contribution in [3.8, 4) is 0 Å². The van der Waals surface area contributed by atoms with Gasteiger partial charge in [-0.05, 0) is 49.1 Å². The number of carbonyl (C=O) groups is 1. The van der Waals surface area contributed by atoms with Crippen LogP contribution >= 0.6 is 11.8 Å². The van der Waals surface area contributed by atoms with Crippen molar-refractivity contribution in [3.05, 3.63) is 29.8 Å². The van der Waals surface area contributed by atoms with E-state index in [1.165, 1.54) is 6.42 Å². The maximum Gasteiger partial charge on any atom is 0.321 e. The zero-order valence-corrected chi connectivity index (χ0v) is 15.6. The molecule has 2 heterocycles. The normalized spacial score (nSPS) is 21.6. The van der Waals surface area contributed by atoms with Crippen molar-refractivity contribution in [2.45, 2.75) is 38.4 Å². The van der Waals surface area contributed by atoms with Gasteiger partial charge in [0.2, 0.25) is 0 Å². The van der Waals surface area contributed by atoms with Crippen LogP contribution in [0.4, 0.5) is 10.5 Å². The van der Waals surface area contributed by atoms with Gasteiger partial charge in [-0.1, -0.05) is 12.1 Å². The molecule has 2 aliphatic heterocycles. The quantitative estimate of drug-likeness (QED) is 0.865. The van der Waals surface area contributed by atoms with E-state index < -0.39 is 0 Å². The van der Waals surface area contributed by atoms with E-state index in [2.05, 4.69) is 5.32 Å². The van der Waals surface area contributed by atoms with Gasteiger partial charge in [0, 0.05) is 31.1 Å². The first kappa shape index (κ1) is 18.5. The molecule has 25 heavy (non-hydrogen) atoms. The summed E-state index contributed by atoms with van der Waals surface area (Å²) in [5.41, 5.74) is 1.90. The molecule has 2 amide bonds. The Morgan fingerprint density at radius 2 is 2.24 bits per heavy atom. The molecule has 5 nitrogen and oxygen atoms in total. The van der Waals surface area contributed by atoms with E-state index in [1.54, 1.807) is 0 Å². The van der Waals surface area contributed by atoms with Crippen molar-refractivity contribution < 1.29 is 14.3 Å². The highest BCUT2D eigenvalue weighted by molar-refractivity contribution is 7.99. The van der Waals surface area contributed by atoms with E-state index >= 15 is 0 Å². The van der Waals surface area contributed by atoms with Gasteiger partial charge in [-0.25, -0.2) is 4.79 Å². The SMILES string of the molecule is O=C(Nc1cccc(COC[C@@H]2CCCCO2)c1)N1CCCSCC1. The van der Waals surface area contributed by atoms with Crippen molar-refractivity contribution in [2.24, 2.45) is 0 Å². The Balaban J connectivity index is 1.46. The van der Waals surface area contributed by atoms with Crippen LogP contribution in [0, 0.1) is 0 Å². The van der Waals surface area contributed by atoms with E-state index in [4.69, 9.17) is 9.47 Å². The molecule has 0 spiro atoms. The maximum atomic E-state index is 12.4. The number of rotatable bonds is 5. The van der Waals surface area contributed by atoms with Gasteiger partial charge in [0.15, 0.2) is 0 Å². The van der Waals surface area contributed by atoms with Crippen LogP contribution in [0.1, 0.15) is 31.2 Å². The first-order chi connectivity index (χ1) is 12.3. The summed E-state index contributed by atoms with van der Waals surface area (Å²) >= 11 is 1.92. The third-order valence-electron chi connectivity index (χ3n) is 4.53. The fourth-order valence-corrected chi connectivity index (χ4v) is 4.02. The van der Waals surface area contributed by atoms with Gasteiger partial charge in [-0.3, -0.25) is 0 Å². The number of ether oxygens (including phenoxy) is 2. The van der Waals surface area contributed by atoms with Gasteiger partial charge in [0.1, 0.15) is 0 Å². The molecule has 1 atom stereocenters. The van der Waals surface area contributed by atoms with Gasteiger partial charge in [-0.15, -0.1) is 0 Å². The van der Waals surface area contributed by atoms with Gasteiger partial charge in [-0.2, -0.15) is 11.8 Å². The molecule has 138 valence electrons. The zero-order valence-electron chi connectivity index (χ0n) is 14.7. The van der Waals surface area contributed by atoms with Crippen molar-refractivity contribution in [3.63, 3.8) is 0 Å². The third kappa shape index (κ3) is 6.20. The number of hydrogen-bond acceptors (Lipinski definition) is 4. The van der Waals surface area contributed by atoms with Crippen LogP contribution in [-0.2, 0) is 16.1 Å². The summed E-state index contributed by atoms with van der Waals surface area (Å²) in [5.74, 6) is 2.16. The largest absolute Gasteiger partial charge is 0.376 e. The Hall–Kier alpha value is -1.24. The fraction of sp³-hybridized carbons (Fsp3) is 0.632. The average Bonchev–Trinajstić information content (AvgIpc) is 2.92. The van der Waals surface area contributed by atoms with Crippen molar-refractivity contribution in [1.29, 1.82) is 0 Å². The number of amides is 2. The smallest absolute Gasteiger partial charge is 0.321 e. The third-order valence-corrected chi connectivity index (χ3v) is 5.58. The Kier molecular flexibility index (Phi) is 7.45. The average molecular weight is 365 g/mol. The van der Waals surface area contributed by atoms with Crippen LogP contribution in [0.3, 0.4) is 0 Å². The summed E-state index contributed by atoms with van der Waals surface area (Å²) in [6.45, 7) is 3.69. The molecule has 0 bridgehead atoms.